The number of carbonyl (C=O) groups is 1. The molecule has 0 saturated carbocycles. The Kier molecular flexibility index (Phi) is 3.54. The molecule has 0 spiro atoms. The molecule has 1 saturated heterocycles. The van der Waals surface area contributed by atoms with Gasteiger partial charge in [-0.25, -0.2) is 9.78 Å². The van der Waals surface area contributed by atoms with E-state index in [1.807, 2.05) is 37.3 Å². The fourth-order valence-corrected chi connectivity index (χ4v) is 2.74. The van der Waals surface area contributed by atoms with Crippen molar-refractivity contribution in [1.82, 2.24) is 4.98 Å². The molecule has 1 aliphatic rings. The molecule has 0 N–H and O–H groups in total. The van der Waals surface area contributed by atoms with Gasteiger partial charge in [0.05, 0.1) is 12.1 Å². The number of anilines is 1. The van der Waals surface area contributed by atoms with E-state index in [0.717, 1.165) is 36.1 Å². The second kappa shape index (κ2) is 5.49. The van der Waals surface area contributed by atoms with Crippen LogP contribution in [0.4, 0.5) is 5.82 Å². The summed E-state index contributed by atoms with van der Waals surface area (Å²) < 4.78 is 5.16. The summed E-state index contributed by atoms with van der Waals surface area (Å²) in [5.41, 5.74) is 0.958. The minimum Gasteiger partial charge on any atom is -0.464 e. The third-order valence-corrected chi connectivity index (χ3v) is 3.69. The number of hydrogen-bond acceptors (Lipinski definition) is 4. The first-order chi connectivity index (χ1) is 9.79. The van der Waals surface area contributed by atoms with Gasteiger partial charge in [-0.2, -0.15) is 0 Å². The largest absolute Gasteiger partial charge is 0.464 e. The molecule has 1 atom stereocenters. The van der Waals surface area contributed by atoms with Crippen molar-refractivity contribution >= 4 is 22.7 Å². The maximum atomic E-state index is 12.0. The molecule has 20 heavy (non-hydrogen) atoms. The lowest BCUT2D eigenvalue weighted by molar-refractivity contribution is -0.144. The van der Waals surface area contributed by atoms with Gasteiger partial charge in [-0.1, -0.05) is 18.2 Å². The molecular weight excluding hydrogens is 252 g/mol. The van der Waals surface area contributed by atoms with Crippen LogP contribution in [0.15, 0.2) is 36.4 Å². The highest BCUT2D eigenvalue weighted by Crippen LogP contribution is 2.26. The first-order valence-electron chi connectivity index (χ1n) is 7.08. The van der Waals surface area contributed by atoms with Gasteiger partial charge >= 0.3 is 5.97 Å². The molecule has 0 aliphatic carbocycles. The lowest BCUT2D eigenvalue weighted by Crippen LogP contribution is -2.37. The number of pyridine rings is 1. The van der Waals surface area contributed by atoms with E-state index in [4.69, 9.17) is 4.74 Å². The van der Waals surface area contributed by atoms with Gasteiger partial charge in [0.15, 0.2) is 0 Å². The van der Waals surface area contributed by atoms with Crippen molar-refractivity contribution in [2.75, 3.05) is 18.1 Å². The second-order valence-electron chi connectivity index (χ2n) is 4.97. The van der Waals surface area contributed by atoms with Crippen molar-refractivity contribution in [2.24, 2.45) is 0 Å². The smallest absolute Gasteiger partial charge is 0.328 e. The molecule has 0 bridgehead atoms. The molecule has 1 unspecified atom stereocenters. The Morgan fingerprint density at radius 1 is 1.35 bits per heavy atom. The number of ether oxygens (including phenoxy) is 1. The molecule has 4 heteroatoms. The quantitative estimate of drug-likeness (QED) is 0.804. The standard InChI is InChI=1S/C16H18N2O2/c1-2-20-16(19)14-8-5-11-18(14)15-10-9-12-6-3-4-7-13(12)17-15/h3-4,6-7,9-10,14H,2,5,8,11H2,1H3. The monoisotopic (exact) mass is 270 g/mol. The van der Waals surface area contributed by atoms with Gasteiger partial charge in [-0.3, -0.25) is 0 Å². The van der Waals surface area contributed by atoms with Crippen LogP contribution in [0.1, 0.15) is 19.8 Å². The number of hydrogen-bond donors (Lipinski definition) is 0. The van der Waals surface area contributed by atoms with Crippen LogP contribution in [0, 0.1) is 0 Å². The van der Waals surface area contributed by atoms with E-state index in [-0.39, 0.29) is 12.0 Å². The van der Waals surface area contributed by atoms with Crippen LogP contribution in [-0.2, 0) is 9.53 Å². The maximum Gasteiger partial charge on any atom is 0.328 e. The SMILES string of the molecule is CCOC(=O)C1CCCN1c1ccc2ccccc2n1. The van der Waals surface area contributed by atoms with Crippen LogP contribution in [0.5, 0.6) is 0 Å². The van der Waals surface area contributed by atoms with Crippen molar-refractivity contribution in [3.05, 3.63) is 36.4 Å². The lowest BCUT2D eigenvalue weighted by atomic mass is 10.2. The van der Waals surface area contributed by atoms with E-state index in [2.05, 4.69) is 16.0 Å². The van der Waals surface area contributed by atoms with Crippen LogP contribution >= 0.6 is 0 Å². The molecule has 104 valence electrons. The van der Waals surface area contributed by atoms with E-state index in [0.29, 0.717) is 6.61 Å². The van der Waals surface area contributed by atoms with Crippen LogP contribution in [0.25, 0.3) is 10.9 Å². The lowest BCUT2D eigenvalue weighted by Gasteiger charge is -2.24. The van der Waals surface area contributed by atoms with Gasteiger partial charge in [-0.05, 0) is 38.0 Å². The van der Waals surface area contributed by atoms with Gasteiger partial charge in [0.2, 0.25) is 0 Å². The topological polar surface area (TPSA) is 42.4 Å². The number of fused-ring (bicyclic) bond motifs is 1. The Hall–Kier alpha value is -2.10. The average molecular weight is 270 g/mol. The van der Waals surface area contributed by atoms with Gasteiger partial charge in [0, 0.05) is 11.9 Å². The van der Waals surface area contributed by atoms with E-state index >= 15 is 0 Å². The number of aromatic nitrogens is 1. The normalized spacial score (nSPS) is 18.4. The van der Waals surface area contributed by atoms with Crippen LogP contribution < -0.4 is 4.90 Å². The third kappa shape index (κ3) is 2.33. The number of benzene rings is 1. The summed E-state index contributed by atoms with van der Waals surface area (Å²) in [5, 5.41) is 1.11. The zero-order valence-corrected chi connectivity index (χ0v) is 11.6. The third-order valence-electron chi connectivity index (χ3n) is 3.69. The first-order valence-corrected chi connectivity index (χ1v) is 7.08. The number of nitrogens with zero attached hydrogens (tertiary/aromatic N) is 2. The summed E-state index contributed by atoms with van der Waals surface area (Å²) in [6.07, 6.45) is 1.84. The first kappa shape index (κ1) is 12.9. The number of rotatable bonds is 3. The molecule has 1 aliphatic heterocycles. The Morgan fingerprint density at radius 2 is 2.20 bits per heavy atom. The molecule has 0 amide bonds. The number of carbonyl (C=O) groups excluding carboxylic acids is 1. The molecule has 1 aromatic carbocycles. The predicted octanol–water partition coefficient (Wildman–Crippen LogP) is 2.77. The van der Waals surface area contributed by atoms with Crippen LogP contribution in [0.2, 0.25) is 0 Å². The van der Waals surface area contributed by atoms with Crippen LogP contribution in [-0.4, -0.2) is 30.1 Å². The minimum atomic E-state index is -0.191. The van der Waals surface area contributed by atoms with E-state index in [1.54, 1.807) is 0 Å². The van der Waals surface area contributed by atoms with Gasteiger partial charge < -0.3 is 9.64 Å². The fourth-order valence-electron chi connectivity index (χ4n) is 2.74. The molecule has 2 heterocycles. The highest BCUT2D eigenvalue weighted by molar-refractivity contribution is 5.83. The van der Waals surface area contributed by atoms with E-state index in [9.17, 15) is 4.79 Å². The van der Waals surface area contributed by atoms with Crippen molar-refractivity contribution < 1.29 is 9.53 Å². The summed E-state index contributed by atoms with van der Waals surface area (Å²) in [6.45, 7) is 3.12. The summed E-state index contributed by atoms with van der Waals surface area (Å²) in [5.74, 6) is 0.721. The summed E-state index contributed by atoms with van der Waals surface area (Å²) >= 11 is 0. The number of para-hydroxylation sites is 1. The van der Waals surface area contributed by atoms with Crippen molar-refractivity contribution in [2.45, 2.75) is 25.8 Å². The molecular formula is C16H18N2O2. The Bertz CT molecular complexity index is 627. The average Bonchev–Trinajstić information content (AvgIpc) is 2.96. The van der Waals surface area contributed by atoms with E-state index in [1.165, 1.54) is 0 Å². The predicted molar refractivity (Wildman–Crippen MR) is 78.7 cm³/mol. The summed E-state index contributed by atoms with van der Waals surface area (Å²) in [7, 11) is 0. The van der Waals surface area contributed by atoms with Gasteiger partial charge in [0.1, 0.15) is 11.9 Å². The highest BCUT2D eigenvalue weighted by atomic mass is 16.5. The zero-order valence-electron chi connectivity index (χ0n) is 11.6. The van der Waals surface area contributed by atoms with Crippen molar-refractivity contribution in [3.63, 3.8) is 0 Å². The van der Waals surface area contributed by atoms with Crippen molar-refractivity contribution in [3.8, 4) is 0 Å². The maximum absolute atomic E-state index is 12.0. The molecule has 3 rings (SSSR count). The molecule has 2 aromatic rings. The molecule has 1 fully saturated rings. The molecule has 4 nitrogen and oxygen atoms in total. The van der Waals surface area contributed by atoms with Crippen molar-refractivity contribution in [1.29, 1.82) is 0 Å². The second-order valence-corrected chi connectivity index (χ2v) is 4.97. The highest BCUT2D eigenvalue weighted by Gasteiger charge is 2.32. The minimum absolute atomic E-state index is 0.139. The van der Waals surface area contributed by atoms with E-state index < -0.39 is 0 Å². The van der Waals surface area contributed by atoms with Gasteiger partial charge in [0.25, 0.3) is 0 Å². The fraction of sp³-hybridized carbons (Fsp3) is 0.375. The summed E-state index contributed by atoms with van der Waals surface area (Å²) in [4.78, 5) is 18.7. The van der Waals surface area contributed by atoms with Gasteiger partial charge in [-0.15, -0.1) is 0 Å². The Balaban J connectivity index is 1.91. The zero-order chi connectivity index (χ0) is 13.9. The number of esters is 1. The van der Waals surface area contributed by atoms with Crippen LogP contribution in [0.3, 0.4) is 0 Å². The molecule has 1 aromatic heterocycles. The molecule has 0 radical (unpaired) electrons. The Labute approximate surface area is 118 Å². The Morgan fingerprint density at radius 3 is 3.05 bits per heavy atom. The summed E-state index contributed by atoms with van der Waals surface area (Å²) in [6, 6.07) is 11.9.